The first-order chi connectivity index (χ1) is 13.7. The van der Waals surface area contributed by atoms with E-state index in [9.17, 15) is 4.79 Å². The third-order valence-corrected chi connectivity index (χ3v) is 4.90. The molecule has 2 aromatic heterocycles. The Labute approximate surface area is 163 Å². The average Bonchev–Trinajstić information content (AvgIpc) is 3.23. The molecule has 1 aliphatic heterocycles. The zero-order valence-electron chi connectivity index (χ0n) is 15.8. The second kappa shape index (κ2) is 8.21. The molecule has 7 nitrogen and oxygen atoms in total. The topological polar surface area (TPSA) is 84.0 Å². The van der Waals surface area contributed by atoms with Gasteiger partial charge in [-0.25, -0.2) is 4.98 Å². The highest BCUT2D eigenvalue weighted by molar-refractivity contribution is 5.78. The molecule has 1 amide bonds. The van der Waals surface area contributed by atoms with E-state index in [1.165, 1.54) is 0 Å². The maximum Gasteiger partial charge on any atom is 0.261 e. The Balaban J connectivity index is 1.48. The molecule has 0 radical (unpaired) electrons. The Hall–Kier alpha value is -3.22. The van der Waals surface area contributed by atoms with E-state index in [0.29, 0.717) is 18.1 Å². The minimum absolute atomic E-state index is 0.0189. The van der Waals surface area contributed by atoms with Crippen molar-refractivity contribution < 1.29 is 9.53 Å². The fraction of sp³-hybridized carbons (Fsp3) is 0.333. The van der Waals surface area contributed by atoms with Crippen LogP contribution in [-0.2, 0) is 4.79 Å². The molecule has 0 saturated carbocycles. The van der Waals surface area contributed by atoms with Crippen LogP contribution in [0.25, 0.3) is 11.4 Å². The minimum atomic E-state index is -0.107. The first-order valence-corrected chi connectivity index (χ1v) is 9.53. The highest BCUT2D eigenvalue weighted by Crippen LogP contribution is 2.30. The van der Waals surface area contributed by atoms with Gasteiger partial charge in [0.2, 0.25) is 0 Å². The third kappa shape index (κ3) is 4.03. The van der Waals surface area contributed by atoms with Crippen molar-refractivity contribution in [2.75, 3.05) is 13.2 Å². The fourth-order valence-electron chi connectivity index (χ4n) is 3.50. The molecular formula is C21H23N5O2. The highest BCUT2D eigenvalue weighted by atomic mass is 16.5. The fourth-order valence-corrected chi connectivity index (χ4v) is 3.50. The summed E-state index contributed by atoms with van der Waals surface area (Å²) in [6.07, 6.45) is 4.65. The molecule has 1 aliphatic rings. The van der Waals surface area contributed by atoms with Crippen LogP contribution in [0.2, 0.25) is 0 Å². The van der Waals surface area contributed by atoms with Crippen molar-refractivity contribution in [1.29, 1.82) is 0 Å². The molecule has 0 bridgehead atoms. The molecule has 1 aromatic carbocycles. The number of amides is 1. The highest BCUT2D eigenvalue weighted by Gasteiger charge is 2.30. The molecule has 28 heavy (non-hydrogen) atoms. The standard InChI is InChI=1S/C21H23N5O2/c1-15-13-16(10-11-22-15)20-23-21(25-24-20)18-9-5-6-12-26(18)19(27)14-28-17-7-3-2-4-8-17/h2-4,7-8,10-11,13,18H,5-6,9,12,14H2,1H3,(H,23,24,25)/t18-/m1/s1. The van der Waals surface area contributed by atoms with Gasteiger partial charge in [-0.2, -0.15) is 5.10 Å². The maximum atomic E-state index is 12.8. The molecule has 1 N–H and O–H groups in total. The number of nitrogens with zero attached hydrogens (tertiary/aromatic N) is 4. The second-order valence-electron chi connectivity index (χ2n) is 6.93. The van der Waals surface area contributed by atoms with E-state index < -0.39 is 0 Å². The van der Waals surface area contributed by atoms with E-state index in [4.69, 9.17) is 4.74 Å². The number of likely N-dealkylation sites (tertiary alicyclic amines) is 1. The zero-order valence-corrected chi connectivity index (χ0v) is 15.8. The smallest absolute Gasteiger partial charge is 0.261 e. The van der Waals surface area contributed by atoms with Gasteiger partial charge in [0.25, 0.3) is 5.91 Å². The number of aromatic nitrogens is 4. The molecule has 4 rings (SSSR count). The number of pyridine rings is 1. The van der Waals surface area contributed by atoms with Crippen LogP contribution in [0.1, 0.15) is 36.8 Å². The van der Waals surface area contributed by atoms with Crippen molar-refractivity contribution >= 4 is 5.91 Å². The van der Waals surface area contributed by atoms with E-state index in [2.05, 4.69) is 20.2 Å². The van der Waals surface area contributed by atoms with Crippen LogP contribution in [0, 0.1) is 6.92 Å². The molecular weight excluding hydrogens is 354 g/mol. The van der Waals surface area contributed by atoms with Gasteiger partial charge in [-0.05, 0) is 50.5 Å². The summed E-state index contributed by atoms with van der Waals surface area (Å²) in [5.74, 6) is 2.00. The molecule has 1 fully saturated rings. The van der Waals surface area contributed by atoms with Crippen LogP contribution in [0.15, 0.2) is 48.7 Å². The van der Waals surface area contributed by atoms with Crippen molar-refractivity contribution in [1.82, 2.24) is 25.1 Å². The summed E-state index contributed by atoms with van der Waals surface area (Å²) in [5, 5.41) is 7.39. The summed E-state index contributed by atoms with van der Waals surface area (Å²) in [6, 6.07) is 13.1. The van der Waals surface area contributed by atoms with Gasteiger partial charge in [0, 0.05) is 24.0 Å². The number of rotatable bonds is 5. The Kier molecular flexibility index (Phi) is 5.32. The second-order valence-corrected chi connectivity index (χ2v) is 6.93. The summed E-state index contributed by atoms with van der Waals surface area (Å²) in [6.45, 7) is 2.66. The zero-order chi connectivity index (χ0) is 19.3. The summed E-state index contributed by atoms with van der Waals surface area (Å²) >= 11 is 0. The average molecular weight is 377 g/mol. The lowest BCUT2D eigenvalue weighted by atomic mass is 10.0. The molecule has 7 heteroatoms. The van der Waals surface area contributed by atoms with Crippen molar-refractivity contribution in [3.8, 4) is 17.1 Å². The first kappa shape index (κ1) is 18.2. The molecule has 0 spiro atoms. The molecule has 144 valence electrons. The molecule has 0 aliphatic carbocycles. The lowest BCUT2D eigenvalue weighted by Crippen LogP contribution is -2.41. The van der Waals surface area contributed by atoms with Gasteiger partial charge < -0.3 is 9.64 Å². The minimum Gasteiger partial charge on any atom is -0.484 e. The van der Waals surface area contributed by atoms with Crippen molar-refractivity contribution in [2.45, 2.75) is 32.2 Å². The number of carbonyl (C=O) groups excluding carboxylic acids is 1. The monoisotopic (exact) mass is 377 g/mol. The summed E-state index contributed by atoms with van der Waals surface area (Å²) in [4.78, 5) is 23.5. The van der Waals surface area contributed by atoms with Gasteiger partial charge in [0.1, 0.15) is 11.6 Å². The maximum absolute atomic E-state index is 12.8. The Morgan fingerprint density at radius 3 is 2.93 bits per heavy atom. The van der Waals surface area contributed by atoms with Crippen LogP contribution in [0.4, 0.5) is 0 Å². The number of hydrogen-bond acceptors (Lipinski definition) is 5. The van der Waals surface area contributed by atoms with E-state index in [1.807, 2.05) is 54.3 Å². The van der Waals surface area contributed by atoms with Crippen LogP contribution >= 0.6 is 0 Å². The SMILES string of the molecule is Cc1cc(-c2n[nH]c([C@H]3CCCCN3C(=O)COc3ccccc3)n2)ccn1. The number of nitrogens with one attached hydrogen (secondary N) is 1. The van der Waals surface area contributed by atoms with Crippen LogP contribution in [0.5, 0.6) is 5.75 Å². The predicted octanol–water partition coefficient (Wildman–Crippen LogP) is 3.31. The normalized spacial score (nSPS) is 16.8. The van der Waals surface area contributed by atoms with Gasteiger partial charge in [0.15, 0.2) is 12.4 Å². The third-order valence-electron chi connectivity index (χ3n) is 4.90. The number of para-hydroxylation sites is 1. The van der Waals surface area contributed by atoms with Crippen LogP contribution < -0.4 is 4.74 Å². The Morgan fingerprint density at radius 1 is 1.25 bits per heavy atom. The number of piperidine rings is 1. The van der Waals surface area contributed by atoms with E-state index in [0.717, 1.165) is 36.3 Å². The molecule has 0 unspecified atom stereocenters. The van der Waals surface area contributed by atoms with E-state index >= 15 is 0 Å². The molecule has 3 aromatic rings. The van der Waals surface area contributed by atoms with Gasteiger partial charge in [-0.15, -0.1) is 0 Å². The van der Waals surface area contributed by atoms with Crippen molar-refractivity contribution in [3.63, 3.8) is 0 Å². The molecule has 3 heterocycles. The number of carbonyl (C=O) groups is 1. The van der Waals surface area contributed by atoms with Gasteiger partial charge >= 0.3 is 0 Å². The summed E-state index contributed by atoms with van der Waals surface area (Å²) < 4.78 is 5.65. The predicted molar refractivity (Wildman–Crippen MR) is 105 cm³/mol. The number of aromatic amines is 1. The molecule has 1 saturated heterocycles. The Morgan fingerprint density at radius 2 is 2.11 bits per heavy atom. The van der Waals surface area contributed by atoms with Crippen molar-refractivity contribution in [2.24, 2.45) is 0 Å². The number of hydrogen-bond donors (Lipinski definition) is 1. The van der Waals surface area contributed by atoms with Gasteiger partial charge in [-0.3, -0.25) is 14.9 Å². The quantitative estimate of drug-likeness (QED) is 0.737. The number of H-pyrrole nitrogens is 1. The van der Waals surface area contributed by atoms with E-state index in [1.54, 1.807) is 6.20 Å². The summed E-state index contributed by atoms with van der Waals surface area (Å²) in [7, 11) is 0. The first-order valence-electron chi connectivity index (χ1n) is 9.53. The largest absolute Gasteiger partial charge is 0.484 e. The molecule has 1 atom stereocenters. The Bertz CT molecular complexity index is 941. The lowest BCUT2D eigenvalue weighted by molar-refractivity contribution is -0.137. The van der Waals surface area contributed by atoms with Crippen LogP contribution in [-0.4, -0.2) is 44.1 Å². The van der Waals surface area contributed by atoms with Gasteiger partial charge in [-0.1, -0.05) is 18.2 Å². The number of ether oxygens (including phenoxy) is 1. The van der Waals surface area contributed by atoms with Gasteiger partial charge in [0.05, 0.1) is 6.04 Å². The van der Waals surface area contributed by atoms with Crippen LogP contribution in [0.3, 0.4) is 0 Å². The number of aryl methyl sites for hydroxylation is 1. The van der Waals surface area contributed by atoms with Crippen molar-refractivity contribution in [3.05, 3.63) is 60.2 Å². The lowest BCUT2D eigenvalue weighted by Gasteiger charge is -2.34. The summed E-state index contributed by atoms with van der Waals surface area (Å²) in [5.41, 5.74) is 1.83. The van der Waals surface area contributed by atoms with E-state index in [-0.39, 0.29) is 18.6 Å². The number of benzene rings is 1.